The normalized spacial score (nSPS) is 13.4. The molecule has 11 heteroatoms. The Bertz CT molecular complexity index is 454. The van der Waals surface area contributed by atoms with E-state index in [2.05, 4.69) is 0 Å². The van der Waals surface area contributed by atoms with E-state index in [1.165, 1.54) is 0 Å². The van der Waals surface area contributed by atoms with Crippen LogP contribution in [-0.2, 0) is 19.2 Å². The van der Waals surface area contributed by atoms with E-state index < -0.39 is 48.4 Å². The molecule has 0 amide bonds. The third kappa shape index (κ3) is 19.8. The van der Waals surface area contributed by atoms with Gasteiger partial charge < -0.3 is 37.6 Å². The van der Waals surface area contributed by atoms with Gasteiger partial charge in [0, 0.05) is 0 Å². The van der Waals surface area contributed by atoms with Crippen molar-refractivity contribution in [1.29, 1.82) is 0 Å². The van der Waals surface area contributed by atoms with Crippen molar-refractivity contribution in [3.8, 4) is 0 Å². The van der Waals surface area contributed by atoms with Gasteiger partial charge in [0.25, 0.3) is 0 Å². The fourth-order valence-corrected chi connectivity index (χ4v) is 1.17. The van der Waals surface area contributed by atoms with Crippen LogP contribution in [0.4, 0.5) is 0 Å². The standard InChI is InChI=1S/C6H13NO2.C5H11NO2.C4H7NO4/c1-4(2)3-5(7)6(8)9;1-3(2)4(6)5(7)8;5-2(4(8)9)1-3(6)7/h4-5H,3,7H2,1-2H3,(H,8,9);3-4H,6H2,1-2H3,(H,7,8);2H,1,5H2,(H,6,7)(H,8,9)/t5-;4-;2-/m000/s1. The van der Waals surface area contributed by atoms with Crippen LogP contribution in [0, 0.1) is 11.8 Å². The van der Waals surface area contributed by atoms with E-state index in [4.69, 9.17) is 37.6 Å². The van der Waals surface area contributed by atoms with E-state index in [0.29, 0.717) is 12.3 Å². The SMILES string of the molecule is CC(C)C[C@H](N)C(=O)O.CC(C)[C@H](N)C(=O)O.N[C@@H](CC(=O)O)C(=O)O. The topological polar surface area (TPSA) is 227 Å². The van der Waals surface area contributed by atoms with E-state index >= 15 is 0 Å². The van der Waals surface area contributed by atoms with E-state index in [-0.39, 0.29) is 5.92 Å². The number of carboxylic acid groups (broad SMARTS) is 4. The lowest BCUT2D eigenvalue weighted by Crippen LogP contribution is -2.34. The molecule has 11 nitrogen and oxygen atoms in total. The summed E-state index contributed by atoms with van der Waals surface area (Å²) in [7, 11) is 0. The van der Waals surface area contributed by atoms with Crippen molar-refractivity contribution >= 4 is 23.9 Å². The lowest BCUT2D eigenvalue weighted by atomic mass is 10.1. The largest absolute Gasteiger partial charge is 0.481 e. The summed E-state index contributed by atoms with van der Waals surface area (Å²) >= 11 is 0. The minimum absolute atomic E-state index is 0.0208. The molecule has 0 aliphatic rings. The van der Waals surface area contributed by atoms with Crippen LogP contribution in [0.1, 0.15) is 40.5 Å². The number of aliphatic carboxylic acids is 4. The first-order chi connectivity index (χ1) is 11.6. The van der Waals surface area contributed by atoms with Crippen LogP contribution in [0.3, 0.4) is 0 Å². The molecule has 0 aromatic carbocycles. The van der Waals surface area contributed by atoms with E-state index in [0.717, 1.165) is 0 Å². The van der Waals surface area contributed by atoms with Crippen molar-refractivity contribution in [3.63, 3.8) is 0 Å². The van der Waals surface area contributed by atoms with E-state index in [9.17, 15) is 19.2 Å². The predicted octanol–water partition coefficient (Wildman–Crippen LogP) is -0.628. The summed E-state index contributed by atoms with van der Waals surface area (Å²) in [6.45, 7) is 7.45. The van der Waals surface area contributed by atoms with Gasteiger partial charge in [0.1, 0.15) is 18.1 Å². The Morgan fingerprint density at radius 1 is 0.731 bits per heavy atom. The summed E-state index contributed by atoms with van der Waals surface area (Å²) in [6.07, 6.45) is 0.0185. The molecule has 10 N–H and O–H groups in total. The van der Waals surface area contributed by atoms with Gasteiger partial charge in [0.15, 0.2) is 0 Å². The molecule has 0 aliphatic carbocycles. The van der Waals surface area contributed by atoms with Crippen molar-refractivity contribution < 1.29 is 39.6 Å². The third-order valence-corrected chi connectivity index (χ3v) is 2.76. The smallest absolute Gasteiger partial charge is 0.321 e. The Morgan fingerprint density at radius 3 is 1.19 bits per heavy atom. The van der Waals surface area contributed by atoms with Gasteiger partial charge in [-0.3, -0.25) is 19.2 Å². The first-order valence-corrected chi connectivity index (χ1v) is 7.80. The number of carbonyl (C=O) groups is 4. The van der Waals surface area contributed by atoms with Gasteiger partial charge >= 0.3 is 23.9 Å². The Labute approximate surface area is 152 Å². The van der Waals surface area contributed by atoms with Crippen LogP contribution in [0.15, 0.2) is 0 Å². The minimum atomic E-state index is -1.29. The molecule has 26 heavy (non-hydrogen) atoms. The van der Waals surface area contributed by atoms with Crippen molar-refractivity contribution in [3.05, 3.63) is 0 Å². The fraction of sp³-hybridized carbons (Fsp3) is 0.733. The minimum Gasteiger partial charge on any atom is -0.481 e. The molecule has 0 aliphatic heterocycles. The van der Waals surface area contributed by atoms with Crippen LogP contribution in [-0.4, -0.2) is 62.4 Å². The monoisotopic (exact) mass is 381 g/mol. The summed E-state index contributed by atoms with van der Waals surface area (Å²) in [5.74, 6) is -3.96. The molecule has 0 bridgehead atoms. The van der Waals surface area contributed by atoms with E-state index in [1.807, 2.05) is 13.8 Å². The quantitative estimate of drug-likeness (QED) is 0.280. The van der Waals surface area contributed by atoms with Crippen molar-refractivity contribution in [2.45, 2.75) is 58.7 Å². The molecular weight excluding hydrogens is 350 g/mol. The highest BCUT2D eigenvalue weighted by Crippen LogP contribution is 2.01. The van der Waals surface area contributed by atoms with Crippen molar-refractivity contribution in [1.82, 2.24) is 0 Å². The second-order valence-electron chi connectivity index (χ2n) is 6.22. The van der Waals surface area contributed by atoms with Gasteiger partial charge in [0.05, 0.1) is 6.42 Å². The predicted molar refractivity (Wildman–Crippen MR) is 93.4 cm³/mol. The maximum atomic E-state index is 10.1. The lowest BCUT2D eigenvalue weighted by Gasteiger charge is -2.07. The van der Waals surface area contributed by atoms with Crippen molar-refractivity contribution in [2.24, 2.45) is 29.0 Å². The first kappa shape index (κ1) is 28.6. The van der Waals surface area contributed by atoms with Crippen LogP contribution in [0.5, 0.6) is 0 Å². The highest BCUT2D eigenvalue weighted by atomic mass is 16.4. The van der Waals surface area contributed by atoms with Crippen LogP contribution in [0.2, 0.25) is 0 Å². The lowest BCUT2D eigenvalue weighted by molar-refractivity contribution is -0.144. The number of hydrogen-bond acceptors (Lipinski definition) is 7. The molecule has 0 aromatic rings. The zero-order valence-corrected chi connectivity index (χ0v) is 15.5. The summed E-state index contributed by atoms with van der Waals surface area (Å²) in [6, 6.07) is -2.69. The number of rotatable bonds is 8. The van der Waals surface area contributed by atoms with Crippen LogP contribution >= 0.6 is 0 Å². The van der Waals surface area contributed by atoms with Crippen LogP contribution < -0.4 is 17.2 Å². The van der Waals surface area contributed by atoms with Gasteiger partial charge in [-0.05, 0) is 18.3 Å². The Morgan fingerprint density at radius 2 is 1.12 bits per heavy atom. The van der Waals surface area contributed by atoms with Crippen molar-refractivity contribution in [2.75, 3.05) is 0 Å². The molecule has 0 heterocycles. The molecule has 0 fully saturated rings. The molecule has 3 atom stereocenters. The molecular formula is C15H31N3O8. The maximum absolute atomic E-state index is 10.1. The average Bonchev–Trinajstić information content (AvgIpc) is 2.45. The summed E-state index contributed by atoms with van der Waals surface area (Å²) in [4.78, 5) is 39.7. The van der Waals surface area contributed by atoms with Gasteiger partial charge in [0.2, 0.25) is 0 Å². The average molecular weight is 381 g/mol. The second-order valence-corrected chi connectivity index (χ2v) is 6.22. The number of hydrogen-bond donors (Lipinski definition) is 7. The van der Waals surface area contributed by atoms with Gasteiger partial charge in [-0.1, -0.05) is 27.7 Å². The summed E-state index contributed by atoms with van der Waals surface area (Å²) in [5.41, 5.74) is 15.2. The van der Waals surface area contributed by atoms with Crippen LogP contribution in [0.25, 0.3) is 0 Å². The first-order valence-electron chi connectivity index (χ1n) is 7.80. The van der Waals surface area contributed by atoms with E-state index in [1.54, 1.807) is 13.8 Å². The Hall–Kier alpha value is -2.24. The Balaban J connectivity index is -0.000000306. The molecule has 0 radical (unpaired) electrons. The molecule has 0 unspecified atom stereocenters. The molecule has 0 rings (SSSR count). The highest BCUT2D eigenvalue weighted by Gasteiger charge is 2.15. The summed E-state index contributed by atoms with van der Waals surface area (Å²) in [5, 5.41) is 32.6. The third-order valence-electron chi connectivity index (χ3n) is 2.76. The zero-order valence-electron chi connectivity index (χ0n) is 15.5. The fourth-order valence-electron chi connectivity index (χ4n) is 1.17. The zero-order chi connectivity index (χ0) is 21.6. The van der Waals surface area contributed by atoms with Gasteiger partial charge in [-0.2, -0.15) is 0 Å². The molecule has 0 saturated carbocycles. The van der Waals surface area contributed by atoms with Gasteiger partial charge in [-0.15, -0.1) is 0 Å². The molecule has 0 aromatic heterocycles. The summed E-state index contributed by atoms with van der Waals surface area (Å²) < 4.78 is 0. The molecule has 154 valence electrons. The molecule has 0 saturated heterocycles. The maximum Gasteiger partial charge on any atom is 0.321 e. The van der Waals surface area contributed by atoms with Gasteiger partial charge in [-0.25, -0.2) is 0 Å². The second kappa shape index (κ2) is 15.0. The number of carboxylic acids is 4. The highest BCUT2D eigenvalue weighted by molar-refractivity contribution is 5.80. The number of nitrogens with two attached hydrogens (primary N) is 3. The molecule has 0 spiro atoms. The Kier molecular flexibility index (Phi) is 16.5.